The number of hydrogen-bond acceptors (Lipinski definition) is 7. The number of methoxy groups -OCH3 is 1. The van der Waals surface area contributed by atoms with E-state index < -0.39 is 47.9 Å². The van der Waals surface area contributed by atoms with Crippen LogP contribution in [-0.4, -0.2) is 72.4 Å². The van der Waals surface area contributed by atoms with Gasteiger partial charge in [0, 0.05) is 18.8 Å². The molecule has 4 N–H and O–H groups in total. The molecule has 0 radical (unpaired) electrons. The number of carbonyl (C=O) groups excluding carboxylic acids is 3. The van der Waals surface area contributed by atoms with Crippen LogP contribution >= 0.6 is 0 Å². The molecule has 1 aliphatic rings. The first-order chi connectivity index (χ1) is 18.1. The number of aliphatic hydroxyl groups excluding tert-OH is 1. The quantitative estimate of drug-likeness (QED) is 0.344. The number of ether oxygens (including phenoxy) is 1. The van der Waals surface area contributed by atoms with Crippen LogP contribution in [0.2, 0.25) is 0 Å². The van der Waals surface area contributed by atoms with E-state index in [1.165, 1.54) is 7.11 Å². The Morgan fingerprint density at radius 1 is 0.947 bits per heavy atom. The largest absolute Gasteiger partial charge is 0.480 e. The van der Waals surface area contributed by atoms with Gasteiger partial charge in [-0.05, 0) is 49.9 Å². The van der Waals surface area contributed by atoms with Crippen molar-refractivity contribution in [2.75, 3.05) is 31.7 Å². The molecule has 2 aromatic rings. The van der Waals surface area contributed by atoms with E-state index in [4.69, 9.17) is 9.84 Å². The summed E-state index contributed by atoms with van der Waals surface area (Å²) in [6.07, 6.45) is 0.675. The monoisotopic (exact) mass is 525 g/mol. The predicted octanol–water partition coefficient (Wildman–Crippen LogP) is 1.78. The van der Waals surface area contributed by atoms with Gasteiger partial charge in [0.2, 0.25) is 11.8 Å². The van der Waals surface area contributed by atoms with E-state index in [1.807, 2.05) is 42.5 Å². The third-order valence-electron chi connectivity index (χ3n) is 7.17. The lowest BCUT2D eigenvalue weighted by Gasteiger charge is -2.41. The van der Waals surface area contributed by atoms with E-state index in [2.05, 4.69) is 15.5 Å². The summed E-state index contributed by atoms with van der Waals surface area (Å²) < 4.78 is 5.08. The van der Waals surface area contributed by atoms with Gasteiger partial charge in [0.05, 0.1) is 25.6 Å². The minimum atomic E-state index is -1.37. The molecule has 1 heterocycles. The van der Waals surface area contributed by atoms with E-state index in [0.717, 1.165) is 11.3 Å². The maximum Gasteiger partial charge on any atom is 0.331 e. The van der Waals surface area contributed by atoms with Gasteiger partial charge in [0.1, 0.15) is 11.6 Å². The number of aliphatic carboxylic acids is 1. The Labute approximate surface area is 222 Å². The van der Waals surface area contributed by atoms with Crippen LogP contribution in [-0.2, 0) is 23.9 Å². The number of carbonyl (C=O) groups is 4. The normalized spacial score (nSPS) is 17.0. The maximum absolute atomic E-state index is 13.1. The van der Waals surface area contributed by atoms with E-state index in [-0.39, 0.29) is 5.91 Å². The second kappa shape index (κ2) is 12.6. The highest BCUT2D eigenvalue weighted by molar-refractivity contribution is 5.91. The number of benzene rings is 2. The number of piperidine rings is 1. The Balaban J connectivity index is 1.71. The molecule has 3 atom stereocenters. The summed E-state index contributed by atoms with van der Waals surface area (Å²) in [6, 6.07) is 15.3. The van der Waals surface area contributed by atoms with Crippen molar-refractivity contribution in [2.24, 2.45) is 0 Å². The summed E-state index contributed by atoms with van der Waals surface area (Å²) in [7, 11) is 1.31. The molecule has 1 aliphatic heterocycles. The molecular weight excluding hydrogens is 490 g/mol. The molecule has 0 aromatic heterocycles. The second-order valence-electron chi connectivity index (χ2n) is 9.58. The summed E-state index contributed by atoms with van der Waals surface area (Å²) in [6.45, 7) is 3.68. The van der Waals surface area contributed by atoms with Crippen LogP contribution in [0.1, 0.15) is 49.7 Å². The molecule has 1 fully saturated rings. The van der Waals surface area contributed by atoms with Crippen molar-refractivity contribution in [1.82, 2.24) is 10.6 Å². The standard InChI is InChI=1S/C28H35N3O7/c1-18(20-8-5-4-6-9-20)25(34)30-28(27(37)38-3)12-14-31(15-13-28)22-11-7-10-21(16-22)19(2)24(33)29-23(17-32)26(35)36/h4-11,16,18-19,23,32H,12-15,17H2,1-3H3,(H,29,33)(H,30,34)(H,35,36)/t18?,19?,23-/m0/s1. The Kier molecular flexibility index (Phi) is 9.46. The fraction of sp³-hybridized carbons (Fsp3) is 0.429. The molecular formula is C28H35N3O7. The smallest absolute Gasteiger partial charge is 0.331 e. The highest BCUT2D eigenvalue weighted by atomic mass is 16.5. The van der Waals surface area contributed by atoms with Crippen molar-refractivity contribution in [3.05, 3.63) is 65.7 Å². The van der Waals surface area contributed by atoms with Gasteiger partial charge < -0.3 is 30.5 Å². The average molecular weight is 526 g/mol. The Bertz CT molecular complexity index is 1150. The molecule has 2 unspecified atom stereocenters. The third kappa shape index (κ3) is 6.49. The molecule has 10 nitrogen and oxygen atoms in total. The number of esters is 1. The number of hydrogen-bond donors (Lipinski definition) is 4. The molecule has 1 saturated heterocycles. The lowest BCUT2D eigenvalue weighted by molar-refractivity contribution is -0.152. The lowest BCUT2D eigenvalue weighted by atomic mass is 9.85. The molecule has 2 aromatic carbocycles. The topological polar surface area (TPSA) is 145 Å². The van der Waals surface area contributed by atoms with Crippen LogP contribution in [0, 0.1) is 0 Å². The third-order valence-corrected chi connectivity index (χ3v) is 7.17. The van der Waals surface area contributed by atoms with Crippen LogP contribution in [0.4, 0.5) is 5.69 Å². The fourth-order valence-electron chi connectivity index (χ4n) is 4.58. The molecule has 3 rings (SSSR count). The van der Waals surface area contributed by atoms with E-state index in [1.54, 1.807) is 26.0 Å². The van der Waals surface area contributed by atoms with Crippen molar-refractivity contribution >= 4 is 29.4 Å². The molecule has 38 heavy (non-hydrogen) atoms. The number of rotatable bonds is 10. The zero-order valence-corrected chi connectivity index (χ0v) is 21.8. The number of amides is 2. The molecule has 0 spiro atoms. The van der Waals surface area contributed by atoms with Crippen molar-refractivity contribution in [3.63, 3.8) is 0 Å². The molecule has 2 amide bonds. The second-order valence-corrected chi connectivity index (χ2v) is 9.58. The van der Waals surface area contributed by atoms with Crippen molar-refractivity contribution in [1.29, 1.82) is 0 Å². The van der Waals surface area contributed by atoms with Crippen LogP contribution < -0.4 is 15.5 Å². The Morgan fingerprint density at radius 3 is 2.13 bits per heavy atom. The lowest BCUT2D eigenvalue weighted by Crippen LogP contribution is -2.61. The van der Waals surface area contributed by atoms with Gasteiger partial charge in [-0.25, -0.2) is 9.59 Å². The minimum absolute atomic E-state index is 0.251. The zero-order chi connectivity index (χ0) is 27.9. The van der Waals surface area contributed by atoms with Gasteiger partial charge in [-0.2, -0.15) is 0 Å². The van der Waals surface area contributed by atoms with Crippen molar-refractivity contribution in [2.45, 2.75) is 50.1 Å². The summed E-state index contributed by atoms with van der Waals surface area (Å²) in [5.74, 6) is -3.65. The molecule has 0 saturated carbocycles. The van der Waals surface area contributed by atoms with E-state index in [9.17, 15) is 24.3 Å². The Hall–Kier alpha value is -3.92. The predicted molar refractivity (Wildman–Crippen MR) is 141 cm³/mol. The molecule has 204 valence electrons. The first-order valence-electron chi connectivity index (χ1n) is 12.6. The van der Waals surface area contributed by atoms with Gasteiger partial charge in [0.25, 0.3) is 0 Å². The molecule has 0 bridgehead atoms. The highest BCUT2D eigenvalue weighted by Gasteiger charge is 2.44. The van der Waals surface area contributed by atoms with Crippen molar-refractivity contribution < 1.29 is 34.1 Å². The van der Waals surface area contributed by atoms with Gasteiger partial charge in [-0.15, -0.1) is 0 Å². The summed E-state index contributed by atoms with van der Waals surface area (Å²) in [4.78, 5) is 51.7. The van der Waals surface area contributed by atoms with Gasteiger partial charge in [-0.1, -0.05) is 42.5 Å². The SMILES string of the molecule is COC(=O)C1(NC(=O)C(C)c2ccccc2)CCN(c2cccc(C(C)C(=O)N[C@@H](CO)C(=O)O)c2)CC1. The number of nitrogens with one attached hydrogen (secondary N) is 2. The fourth-order valence-corrected chi connectivity index (χ4v) is 4.58. The number of nitrogens with zero attached hydrogens (tertiary/aromatic N) is 1. The summed E-state index contributed by atoms with van der Waals surface area (Å²) in [5, 5.41) is 23.6. The Morgan fingerprint density at radius 2 is 1.55 bits per heavy atom. The summed E-state index contributed by atoms with van der Waals surface area (Å²) in [5.41, 5.74) is 1.22. The first-order valence-corrected chi connectivity index (χ1v) is 12.6. The molecule has 0 aliphatic carbocycles. The van der Waals surface area contributed by atoms with Crippen LogP contribution in [0.3, 0.4) is 0 Å². The number of anilines is 1. The van der Waals surface area contributed by atoms with E-state index >= 15 is 0 Å². The van der Waals surface area contributed by atoms with Crippen LogP contribution in [0.15, 0.2) is 54.6 Å². The van der Waals surface area contributed by atoms with Crippen LogP contribution in [0.25, 0.3) is 0 Å². The maximum atomic E-state index is 13.1. The van der Waals surface area contributed by atoms with Gasteiger partial charge >= 0.3 is 11.9 Å². The minimum Gasteiger partial charge on any atom is -0.480 e. The zero-order valence-electron chi connectivity index (χ0n) is 21.8. The number of carboxylic acids is 1. The average Bonchev–Trinajstić information content (AvgIpc) is 2.95. The van der Waals surface area contributed by atoms with Crippen molar-refractivity contribution in [3.8, 4) is 0 Å². The van der Waals surface area contributed by atoms with Gasteiger partial charge in [0.15, 0.2) is 0 Å². The first kappa shape index (κ1) is 28.6. The van der Waals surface area contributed by atoms with Crippen LogP contribution in [0.5, 0.6) is 0 Å². The van der Waals surface area contributed by atoms with Gasteiger partial charge in [-0.3, -0.25) is 9.59 Å². The molecule has 10 heteroatoms. The summed E-state index contributed by atoms with van der Waals surface area (Å²) >= 11 is 0. The number of carboxylic acid groups (broad SMARTS) is 1. The number of aliphatic hydroxyl groups is 1. The highest BCUT2D eigenvalue weighted by Crippen LogP contribution is 2.30. The van der Waals surface area contributed by atoms with E-state index in [0.29, 0.717) is 31.5 Å².